The van der Waals surface area contributed by atoms with Crippen LogP contribution in [0.5, 0.6) is 0 Å². The molecule has 1 aromatic rings. The second-order valence-electron chi connectivity index (χ2n) is 4.25. The second kappa shape index (κ2) is 3.48. The van der Waals surface area contributed by atoms with E-state index in [4.69, 9.17) is 5.73 Å². The Morgan fingerprint density at radius 2 is 2.33 bits per heavy atom. The fourth-order valence-electron chi connectivity index (χ4n) is 2.13. The molecule has 82 valence electrons. The molecule has 5 heteroatoms. The fraction of sp³-hybridized carbons (Fsp3) is 0.600. The number of aliphatic imine (C=N–C) groups is 1. The largest absolute Gasteiger partial charge is 0.370 e. The summed E-state index contributed by atoms with van der Waals surface area (Å²) in [5.74, 6) is 0.628. The zero-order valence-corrected chi connectivity index (χ0v) is 10.1. The first-order valence-electron chi connectivity index (χ1n) is 5.05. The number of hydrogen-bond donors (Lipinski definition) is 1. The number of nitrogens with zero attached hydrogens (tertiary/aromatic N) is 3. The van der Waals surface area contributed by atoms with Crippen LogP contribution >= 0.6 is 11.3 Å². The third-order valence-electron chi connectivity index (χ3n) is 2.74. The molecule has 0 saturated carbocycles. The molecule has 2 heterocycles. The van der Waals surface area contributed by atoms with Crippen molar-refractivity contribution in [3.05, 3.63) is 16.6 Å². The number of hydrogen-bond acceptors (Lipinski definition) is 5. The van der Waals surface area contributed by atoms with E-state index in [1.54, 1.807) is 11.3 Å². The van der Waals surface area contributed by atoms with Crippen LogP contribution in [0.15, 0.2) is 16.6 Å². The Bertz CT molecular complexity index is 371. The molecule has 1 aromatic heterocycles. The first-order chi connectivity index (χ1) is 7.05. The van der Waals surface area contributed by atoms with Crippen LogP contribution in [0.1, 0.15) is 25.8 Å². The lowest BCUT2D eigenvalue weighted by molar-refractivity contribution is 0.184. The van der Waals surface area contributed by atoms with Gasteiger partial charge in [0.2, 0.25) is 0 Å². The molecule has 2 N–H and O–H groups in total. The quantitative estimate of drug-likeness (QED) is 0.826. The lowest BCUT2D eigenvalue weighted by Gasteiger charge is -2.37. The number of rotatable bonds is 2. The molecule has 0 fully saturated rings. The Morgan fingerprint density at radius 1 is 1.60 bits per heavy atom. The van der Waals surface area contributed by atoms with Crippen LogP contribution in [0.2, 0.25) is 0 Å². The van der Waals surface area contributed by atoms with E-state index < -0.39 is 0 Å². The third kappa shape index (κ3) is 1.51. The van der Waals surface area contributed by atoms with Gasteiger partial charge in [-0.3, -0.25) is 4.99 Å². The van der Waals surface area contributed by atoms with Crippen LogP contribution < -0.4 is 5.73 Å². The summed E-state index contributed by atoms with van der Waals surface area (Å²) in [6, 6.07) is 0.338. The van der Waals surface area contributed by atoms with Gasteiger partial charge in [-0.15, -0.1) is 11.3 Å². The van der Waals surface area contributed by atoms with E-state index in [9.17, 15) is 0 Å². The molecule has 2 rings (SSSR count). The standard InChI is InChI=1S/C10H16N4S/c1-7(2)14-9(11)13-6-10(14,3)8-12-4-5-15-8/h4-5,7H,6H2,1-3H3,(H2,11,13). The number of thiazole rings is 1. The van der Waals surface area contributed by atoms with Crippen LogP contribution in [0.4, 0.5) is 0 Å². The van der Waals surface area contributed by atoms with Gasteiger partial charge in [-0.05, 0) is 20.8 Å². The molecule has 1 aliphatic rings. The molecule has 0 spiro atoms. The van der Waals surface area contributed by atoms with Crippen LogP contribution in [-0.2, 0) is 5.54 Å². The van der Waals surface area contributed by atoms with Crippen molar-refractivity contribution < 1.29 is 0 Å². The summed E-state index contributed by atoms with van der Waals surface area (Å²) in [5.41, 5.74) is 5.75. The van der Waals surface area contributed by atoms with Gasteiger partial charge in [-0.1, -0.05) is 0 Å². The highest BCUT2D eigenvalue weighted by Crippen LogP contribution is 2.35. The summed E-state index contributed by atoms with van der Waals surface area (Å²) in [4.78, 5) is 10.9. The normalized spacial score (nSPS) is 26.1. The number of aromatic nitrogens is 1. The minimum absolute atomic E-state index is 0.160. The molecule has 1 unspecified atom stereocenters. The maximum atomic E-state index is 5.91. The number of nitrogens with two attached hydrogens (primary N) is 1. The van der Waals surface area contributed by atoms with Crippen molar-refractivity contribution in [3.63, 3.8) is 0 Å². The van der Waals surface area contributed by atoms with Crippen molar-refractivity contribution in [2.75, 3.05) is 6.54 Å². The van der Waals surface area contributed by atoms with Gasteiger partial charge in [-0.25, -0.2) is 4.98 Å². The highest BCUT2D eigenvalue weighted by Gasteiger charge is 2.42. The van der Waals surface area contributed by atoms with Crippen LogP contribution in [0, 0.1) is 0 Å². The van der Waals surface area contributed by atoms with Crippen molar-refractivity contribution in [2.24, 2.45) is 10.7 Å². The maximum absolute atomic E-state index is 5.91. The van der Waals surface area contributed by atoms with Gasteiger partial charge in [0, 0.05) is 17.6 Å². The zero-order chi connectivity index (χ0) is 11.1. The fourth-order valence-corrected chi connectivity index (χ4v) is 2.92. The molecular formula is C10H16N4S. The van der Waals surface area contributed by atoms with Crippen molar-refractivity contribution in [1.82, 2.24) is 9.88 Å². The molecule has 0 aromatic carbocycles. The Hall–Kier alpha value is -1.10. The average molecular weight is 224 g/mol. The molecule has 0 aliphatic carbocycles. The van der Waals surface area contributed by atoms with Gasteiger partial charge in [0.1, 0.15) is 10.5 Å². The molecule has 0 bridgehead atoms. The van der Waals surface area contributed by atoms with E-state index in [0.717, 1.165) is 5.01 Å². The van der Waals surface area contributed by atoms with Crippen molar-refractivity contribution in [2.45, 2.75) is 32.4 Å². The molecule has 0 saturated heterocycles. The molecule has 15 heavy (non-hydrogen) atoms. The van der Waals surface area contributed by atoms with Gasteiger partial charge < -0.3 is 10.6 Å². The van der Waals surface area contributed by atoms with Gasteiger partial charge in [0.05, 0.1) is 6.54 Å². The zero-order valence-electron chi connectivity index (χ0n) is 9.27. The first-order valence-corrected chi connectivity index (χ1v) is 5.93. The Kier molecular flexibility index (Phi) is 2.42. The van der Waals surface area contributed by atoms with Crippen molar-refractivity contribution in [1.29, 1.82) is 0 Å². The molecule has 0 radical (unpaired) electrons. The van der Waals surface area contributed by atoms with E-state index in [1.165, 1.54) is 0 Å². The van der Waals surface area contributed by atoms with Gasteiger partial charge in [0.15, 0.2) is 5.96 Å². The van der Waals surface area contributed by atoms with E-state index in [-0.39, 0.29) is 5.54 Å². The molecule has 0 amide bonds. The summed E-state index contributed by atoms with van der Waals surface area (Å²) in [6.45, 7) is 7.10. The van der Waals surface area contributed by atoms with E-state index >= 15 is 0 Å². The lowest BCUT2D eigenvalue weighted by Crippen LogP contribution is -2.50. The summed E-state index contributed by atoms with van der Waals surface area (Å²) in [5, 5.41) is 3.08. The first kappa shape index (κ1) is 10.4. The Morgan fingerprint density at radius 3 is 2.87 bits per heavy atom. The van der Waals surface area contributed by atoms with Gasteiger partial charge >= 0.3 is 0 Å². The smallest absolute Gasteiger partial charge is 0.192 e. The average Bonchev–Trinajstić information content (AvgIpc) is 2.74. The highest BCUT2D eigenvalue weighted by molar-refractivity contribution is 7.09. The highest BCUT2D eigenvalue weighted by atomic mass is 32.1. The van der Waals surface area contributed by atoms with Crippen molar-refractivity contribution >= 4 is 17.3 Å². The van der Waals surface area contributed by atoms with E-state index in [0.29, 0.717) is 18.5 Å². The summed E-state index contributed by atoms with van der Waals surface area (Å²) >= 11 is 1.66. The number of guanidine groups is 1. The van der Waals surface area contributed by atoms with Gasteiger partial charge in [-0.2, -0.15) is 0 Å². The lowest BCUT2D eigenvalue weighted by atomic mass is 10.0. The third-order valence-corrected chi connectivity index (χ3v) is 3.76. The van der Waals surface area contributed by atoms with E-state index in [2.05, 4.69) is 35.6 Å². The summed E-state index contributed by atoms with van der Waals surface area (Å²) in [6.07, 6.45) is 1.83. The van der Waals surface area contributed by atoms with Gasteiger partial charge in [0.25, 0.3) is 0 Å². The monoisotopic (exact) mass is 224 g/mol. The molecule has 1 atom stereocenters. The SMILES string of the molecule is CC(C)N1C(N)=NCC1(C)c1nccs1. The molecule has 4 nitrogen and oxygen atoms in total. The van der Waals surface area contributed by atoms with Crippen LogP contribution in [-0.4, -0.2) is 28.4 Å². The maximum Gasteiger partial charge on any atom is 0.192 e. The van der Waals surface area contributed by atoms with Crippen molar-refractivity contribution in [3.8, 4) is 0 Å². The summed E-state index contributed by atoms with van der Waals surface area (Å²) < 4.78 is 0. The molecule has 1 aliphatic heterocycles. The summed E-state index contributed by atoms with van der Waals surface area (Å²) in [7, 11) is 0. The predicted octanol–water partition coefficient (Wildman–Crippen LogP) is 1.40. The predicted molar refractivity (Wildman–Crippen MR) is 62.9 cm³/mol. The topological polar surface area (TPSA) is 54.5 Å². The minimum atomic E-state index is -0.160. The van der Waals surface area contributed by atoms with Crippen LogP contribution in [0.25, 0.3) is 0 Å². The van der Waals surface area contributed by atoms with Crippen LogP contribution in [0.3, 0.4) is 0 Å². The molecular weight excluding hydrogens is 208 g/mol. The Balaban J connectivity index is 2.38. The Labute approximate surface area is 93.8 Å². The van der Waals surface area contributed by atoms with E-state index in [1.807, 2.05) is 11.6 Å². The second-order valence-corrected chi connectivity index (χ2v) is 5.14. The minimum Gasteiger partial charge on any atom is -0.370 e.